The Morgan fingerprint density at radius 2 is 1.77 bits per heavy atom. The van der Waals surface area contributed by atoms with Crippen LogP contribution in [0.15, 0.2) is 51.7 Å². The summed E-state index contributed by atoms with van der Waals surface area (Å²) in [6, 6.07) is 8.96. The number of furan rings is 2. The maximum atomic E-state index is 5.77. The second kappa shape index (κ2) is 4.79. The molecule has 2 aliphatic rings. The summed E-state index contributed by atoms with van der Waals surface area (Å²) in [5, 5.41) is 4.96. The molecule has 2 atom stereocenters. The molecule has 0 amide bonds. The Bertz CT molecular complexity index is 1360. The summed E-state index contributed by atoms with van der Waals surface area (Å²) in [5.74, 6) is 0.713. The zero-order valence-electron chi connectivity index (χ0n) is 14.7. The van der Waals surface area contributed by atoms with Crippen LogP contribution in [0.25, 0.3) is 40.0 Å². The molecule has 2 aromatic carbocycles. The standard InChI is InChI=1S/C24H18O2/c1-13-11-25-23-9-21-15(7-19(13)23)3-5-18-17(21)6-4-16-8-20-14(2)12-26-24(20)10-22(16)18/h3-12,15,21H,1-2H3. The third-order valence-electron chi connectivity index (χ3n) is 5.98. The van der Waals surface area contributed by atoms with E-state index in [1.54, 1.807) is 0 Å². The van der Waals surface area contributed by atoms with E-state index in [2.05, 4.69) is 62.4 Å². The van der Waals surface area contributed by atoms with Crippen molar-refractivity contribution >= 4 is 40.0 Å². The second-order valence-electron chi connectivity index (χ2n) is 7.55. The first kappa shape index (κ1) is 14.2. The van der Waals surface area contributed by atoms with Gasteiger partial charge < -0.3 is 8.83 Å². The minimum atomic E-state index is 0.325. The second-order valence-corrected chi connectivity index (χ2v) is 7.55. The molecule has 2 unspecified atom stereocenters. The van der Waals surface area contributed by atoms with E-state index in [1.807, 2.05) is 12.5 Å². The molecule has 2 aliphatic carbocycles. The van der Waals surface area contributed by atoms with Crippen molar-refractivity contribution in [3.63, 3.8) is 0 Å². The molecular formula is C24H18O2. The Labute approximate surface area is 150 Å². The van der Waals surface area contributed by atoms with Crippen molar-refractivity contribution in [3.05, 3.63) is 75.8 Å². The number of allylic oxidation sites excluding steroid dienone is 1. The molecule has 0 saturated heterocycles. The fourth-order valence-electron chi connectivity index (χ4n) is 4.56. The third-order valence-corrected chi connectivity index (χ3v) is 5.98. The first-order valence-electron chi connectivity index (χ1n) is 9.09. The van der Waals surface area contributed by atoms with Gasteiger partial charge in [-0.25, -0.2) is 0 Å². The van der Waals surface area contributed by atoms with Gasteiger partial charge in [0.05, 0.1) is 12.5 Å². The van der Waals surface area contributed by atoms with Crippen molar-refractivity contribution in [2.75, 3.05) is 0 Å². The van der Waals surface area contributed by atoms with Crippen LogP contribution in [0.5, 0.6) is 0 Å². The molecule has 2 heteroatoms. The van der Waals surface area contributed by atoms with Gasteiger partial charge in [-0.2, -0.15) is 0 Å². The molecule has 26 heavy (non-hydrogen) atoms. The highest BCUT2D eigenvalue weighted by atomic mass is 16.3. The lowest BCUT2D eigenvalue weighted by Gasteiger charge is -2.28. The lowest BCUT2D eigenvalue weighted by molar-refractivity contribution is 0.522. The summed E-state index contributed by atoms with van der Waals surface area (Å²) in [7, 11) is 0. The summed E-state index contributed by atoms with van der Waals surface area (Å²) in [6.07, 6.45) is 12.9. The Balaban J connectivity index is 1.64. The smallest absolute Gasteiger partial charge is 0.134 e. The summed E-state index contributed by atoms with van der Waals surface area (Å²) < 4.78 is 11.5. The normalized spacial score (nSPS) is 20.4. The van der Waals surface area contributed by atoms with Gasteiger partial charge in [0.15, 0.2) is 0 Å². The molecule has 2 nitrogen and oxygen atoms in total. The largest absolute Gasteiger partial charge is 0.464 e. The minimum absolute atomic E-state index is 0.325. The molecule has 0 fully saturated rings. The number of hydrogen-bond donors (Lipinski definition) is 0. The molecular weight excluding hydrogens is 320 g/mol. The van der Waals surface area contributed by atoms with Crippen LogP contribution in [-0.2, 0) is 0 Å². The Morgan fingerprint density at radius 3 is 2.69 bits per heavy atom. The van der Waals surface area contributed by atoms with Gasteiger partial charge in [0.2, 0.25) is 0 Å². The van der Waals surface area contributed by atoms with Crippen LogP contribution >= 0.6 is 0 Å². The summed E-state index contributed by atoms with van der Waals surface area (Å²) in [6.45, 7) is 4.20. The van der Waals surface area contributed by atoms with Crippen molar-refractivity contribution in [2.45, 2.75) is 19.8 Å². The number of hydrogen-bond acceptors (Lipinski definition) is 2. The van der Waals surface area contributed by atoms with Crippen molar-refractivity contribution in [3.8, 4) is 0 Å². The molecule has 0 bridgehead atoms. The molecule has 0 N–H and O–H groups in total. The number of aryl methyl sites for hydroxylation is 2. The van der Waals surface area contributed by atoms with Gasteiger partial charge in [-0.05, 0) is 65.1 Å². The van der Waals surface area contributed by atoms with Gasteiger partial charge in [-0.1, -0.05) is 30.4 Å². The SMILES string of the molecule is Cc1coc2c1=CC1C=Cc3c(ccc4cc5c(C)coc5cc34)C1C=2. The van der Waals surface area contributed by atoms with Crippen molar-refractivity contribution in [1.82, 2.24) is 0 Å². The maximum Gasteiger partial charge on any atom is 0.134 e. The van der Waals surface area contributed by atoms with Crippen molar-refractivity contribution in [1.29, 1.82) is 0 Å². The van der Waals surface area contributed by atoms with E-state index in [4.69, 9.17) is 8.83 Å². The molecule has 0 saturated carbocycles. The first-order chi connectivity index (χ1) is 12.7. The lowest BCUT2D eigenvalue weighted by Crippen LogP contribution is -2.31. The highest BCUT2D eigenvalue weighted by molar-refractivity contribution is 6.02. The van der Waals surface area contributed by atoms with E-state index in [-0.39, 0.29) is 0 Å². The quantitative estimate of drug-likeness (QED) is 0.460. The predicted octanol–water partition coefficient (Wildman–Crippen LogP) is 4.80. The molecule has 2 aromatic heterocycles. The fraction of sp³-hybridized carbons (Fsp3) is 0.167. The van der Waals surface area contributed by atoms with E-state index >= 15 is 0 Å². The van der Waals surface area contributed by atoms with Crippen LogP contribution in [0.3, 0.4) is 0 Å². The summed E-state index contributed by atoms with van der Waals surface area (Å²) in [5.41, 5.74) is 7.03. The van der Waals surface area contributed by atoms with E-state index in [0.717, 1.165) is 11.0 Å². The van der Waals surface area contributed by atoms with Crippen molar-refractivity contribution in [2.24, 2.45) is 5.92 Å². The van der Waals surface area contributed by atoms with Crippen LogP contribution < -0.4 is 10.6 Å². The molecule has 0 aliphatic heterocycles. The van der Waals surface area contributed by atoms with Crippen LogP contribution in [0.4, 0.5) is 0 Å². The number of rotatable bonds is 0. The van der Waals surface area contributed by atoms with Gasteiger partial charge in [0.25, 0.3) is 0 Å². The zero-order chi connectivity index (χ0) is 17.4. The predicted molar refractivity (Wildman–Crippen MR) is 105 cm³/mol. The van der Waals surface area contributed by atoms with Crippen LogP contribution in [0.2, 0.25) is 0 Å². The van der Waals surface area contributed by atoms with E-state index in [1.165, 1.54) is 43.6 Å². The summed E-state index contributed by atoms with van der Waals surface area (Å²) >= 11 is 0. The Kier molecular flexibility index (Phi) is 2.62. The lowest BCUT2D eigenvalue weighted by atomic mass is 9.76. The summed E-state index contributed by atoms with van der Waals surface area (Å²) in [4.78, 5) is 0. The minimum Gasteiger partial charge on any atom is -0.464 e. The molecule has 0 spiro atoms. The van der Waals surface area contributed by atoms with E-state index in [0.29, 0.717) is 11.8 Å². The van der Waals surface area contributed by atoms with Crippen LogP contribution in [0.1, 0.15) is 28.2 Å². The average molecular weight is 338 g/mol. The zero-order valence-corrected chi connectivity index (χ0v) is 14.7. The van der Waals surface area contributed by atoms with Crippen molar-refractivity contribution < 1.29 is 8.83 Å². The number of fused-ring (bicyclic) bond motifs is 7. The molecule has 6 rings (SSSR count). The Hall–Kier alpha value is -3.00. The molecule has 4 aromatic rings. The van der Waals surface area contributed by atoms with E-state index in [9.17, 15) is 0 Å². The van der Waals surface area contributed by atoms with Gasteiger partial charge in [-0.3, -0.25) is 0 Å². The van der Waals surface area contributed by atoms with Crippen LogP contribution in [0, 0.1) is 19.8 Å². The highest BCUT2D eigenvalue weighted by Crippen LogP contribution is 2.41. The monoisotopic (exact) mass is 338 g/mol. The molecule has 126 valence electrons. The van der Waals surface area contributed by atoms with Crippen LogP contribution in [-0.4, -0.2) is 0 Å². The van der Waals surface area contributed by atoms with Gasteiger partial charge >= 0.3 is 0 Å². The Morgan fingerprint density at radius 1 is 0.885 bits per heavy atom. The average Bonchev–Trinajstić information content (AvgIpc) is 3.21. The molecule has 2 heterocycles. The number of benzene rings is 2. The fourth-order valence-corrected chi connectivity index (χ4v) is 4.56. The van der Waals surface area contributed by atoms with E-state index < -0.39 is 0 Å². The first-order valence-corrected chi connectivity index (χ1v) is 9.09. The van der Waals surface area contributed by atoms with Gasteiger partial charge in [0, 0.05) is 22.4 Å². The topological polar surface area (TPSA) is 26.3 Å². The third kappa shape index (κ3) is 1.76. The molecule has 0 radical (unpaired) electrons. The maximum absolute atomic E-state index is 5.77. The van der Waals surface area contributed by atoms with Gasteiger partial charge in [0.1, 0.15) is 11.0 Å². The van der Waals surface area contributed by atoms with Gasteiger partial charge in [-0.15, -0.1) is 0 Å². The highest BCUT2D eigenvalue weighted by Gasteiger charge is 2.27.